The molecule has 0 amide bonds. The van der Waals surface area contributed by atoms with E-state index in [-0.39, 0.29) is 11.3 Å². The molecule has 2 heterocycles. The number of ether oxygens (including phenoxy) is 1. The summed E-state index contributed by atoms with van der Waals surface area (Å²) in [5.74, 6) is 0.896. The van der Waals surface area contributed by atoms with Gasteiger partial charge in [0.2, 0.25) is 0 Å². The van der Waals surface area contributed by atoms with Crippen molar-refractivity contribution in [3.63, 3.8) is 0 Å². The fourth-order valence-electron chi connectivity index (χ4n) is 3.32. The molecule has 0 bridgehead atoms. The van der Waals surface area contributed by atoms with Gasteiger partial charge in [0.1, 0.15) is 10.4 Å². The van der Waals surface area contributed by atoms with Crippen LogP contribution in [0.3, 0.4) is 0 Å². The maximum absolute atomic E-state index is 13.6. The first-order chi connectivity index (χ1) is 15.6. The number of aromatic nitrogens is 3. The number of benzene rings is 2. The van der Waals surface area contributed by atoms with E-state index in [1.807, 2.05) is 60.0 Å². The minimum Gasteiger partial charge on any atom is -0.494 e. The van der Waals surface area contributed by atoms with Crippen molar-refractivity contribution in [2.45, 2.75) is 25.4 Å². The standard InChI is InChI=1S/C23H20N4O2S3/c1-3-15-5-7-16(8-6-15)26-20-19(32-23(26)30)21(28)27(22(25-20)31-14-13-24)17-9-11-18(12-10-17)29-4-2/h5-12H,3-4,14H2,1-2H3. The molecule has 2 aromatic heterocycles. The molecule has 0 unspecified atom stereocenters. The summed E-state index contributed by atoms with van der Waals surface area (Å²) in [6.07, 6.45) is 0.941. The maximum Gasteiger partial charge on any atom is 0.278 e. The van der Waals surface area contributed by atoms with Gasteiger partial charge in [-0.2, -0.15) is 5.26 Å². The Morgan fingerprint density at radius 2 is 1.75 bits per heavy atom. The molecule has 0 aliphatic heterocycles. The third-order valence-corrected chi connectivity index (χ3v) is 7.01. The van der Waals surface area contributed by atoms with Gasteiger partial charge in [-0.3, -0.25) is 13.9 Å². The molecule has 0 saturated carbocycles. The van der Waals surface area contributed by atoms with Crippen molar-refractivity contribution >= 4 is 45.7 Å². The summed E-state index contributed by atoms with van der Waals surface area (Å²) in [6, 6.07) is 17.5. The molecular weight excluding hydrogens is 460 g/mol. The fraction of sp³-hybridized carbons (Fsp3) is 0.217. The highest BCUT2D eigenvalue weighted by Gasteiger charge is 2.19. The van der Waals surface area contributed by atoms with Crippen LogP contribution in [0, 0.1) is 15.3 Å². The summed E-state index contributed by atoms with van der Waals surface area (Å²) in [4.78, 5) is 18.4. The van der Waals surface area contributed by atoms with Crippen LogP contribution in [0.4, 0.5) is 0 Å². The molecule has 0 saturated heterocycles. The summed E-state index contributed by atoms with van der Waals surface area (Å²) in [7, 11) is 0. The minimum absolute atomic E-state index is 0.172. The first kappa shape index (κ1) is 22.3. The maximum atomic E-state index is 13.6. The van der Waals surface area contributed by atoms with E-state index >= 15 is 0 Å². The van der Waals surface area contributed by atoms with Crippen LogP contribution in [0.1, 0.15) is 19.4 Å². The Balaban J connectivity index is 1.93. The lowest BCUT2D eigenvalue weighted by atomic mass is 10.1. The van der Waals surface area contributed by atoms with E-state index in [0.717, 1.165) is 17.9 Å². The number of nitrogens with zero attached hydrogens (tertiary/aromatic N) is 4. The summed E-state index contributed by atoms with van der Waals surface area (Å²) in [6.45, 7) is 4.58. The Kier molecular flexibility index (Phi) is 6.74. The Bertz CT molecular complexity index is 1410. The first-order valence-corrected chi connectivity index (χ1v) is 12.3. The average Bonchev–Trinajstić information content (AvgIpc) is 3.15. The van der Waals surface area contributed by atoms with Crippen molar-refractivity contribution in [1.29, 1.82) is 5.26 Å². The minimum atomic E-state index is -0.209. The van der Waals surface area contributed by atoms with E-state index in [0.29, 0.717) is 31.8 Å². The zero-order chi connectivity index (χ0) is 22.7. The SMILES string of the molecule is CCOc1ccc(-n2c(SCC#N)nc3c(sc(=S)n3-c3ccc(CC)cc3)c2=O)cc1. The monoisotopic (exact) mass is 480 g/mol. The van der Waals surface area contributed by atoms with E-state index in [4.69, 9.17) is 27.2 Å². The van der Waals surface area contributed by atoms with Gasteiger partial charge in [0.25, 0.3) is 5.56 Å². The predicted octanol–water partition coefficient (Wildman–Crippen LogP) is 5.54. The van der Waals surface area contributed by atoms with E-state index in [1.165, 1.54) is 33.2 Å². The molecule has 0 aliphatic carbocycles. The van der Waals surface area contributed by atoms with Gasteiger partial charge in [-0.05, 0) is 67.5 Å². The molecule has 4 rings (SSSR count). The molecule has 4 aromatic rings. The van der Waals surface area contributed by atoms with Gasteiger partial charge in [-0.1, -0.05) is 42.2 Å². The summed E-state index contributed by atoms with van der Waals surface area (Å²) in [5, 5.41) is 9.58. The Hall–Kier alpha value is -2.93. The third-order valence-electron chi connectivity index (χ3n) is 4.85. The van der Waals surface area contributed by atoms with Crippen molar-refractivity contribution in [2.75, 3.05) is 12.4 Å². The topological polar surface area (TPSA) is 72.8 Å². The largest absolute Gasteiger partial charge is 0.494 e. The number of nitriles is 1. The van der Waals surface area contributed by atoms with Gasteiger partial charge in [-0.15, -0.1) is 0 Å². The van der Waals surface area contributed by atoms with Crippen LogP contribution in [0.25, 0.3) is 21.7 Å². The highest BCUT2D eigenvalue weighted by Crippen LogP contribution is 2.28. The number of thioether (sulfide) groups is 1. The van der Waals surface area contributed by atoms with E-state index in [9.17, 15) is 4.79 Å². The number of hydrogen-bond acceptors (Lipinski definition) is 7. The lowest BCUT2D eigenvalue weighted by Crippen LogP contribution is -2.21. The Labute approximate surface area is 198 Å². The molecule has 0 radical (unpaired) electrons. The van der Waals surface area contributed by atoms with Crippen LogP contribution in [-0.4, -0.2) is 26.5 Å². The first-order valence-electron chi connectivity index (χ1n) is 10.1. The highest BCUT2D eigenvalue weighted by molar-refractivity contribution is 7.99. The smallest absolute Gasteiger partial charge is 0.278 e. The average molecular weight is 481 g/mol. The van der Waals surface area contributed by atoms with Crippen molar-refractivity contribution in [2.24, 2.45) is 0 Å². The van der Waals surface area contributed by atoms with Crippen molar-refractivity contribution in [3.8, 4) is 23.2 Å². The van der Waals surface area contributed by atoms with Crippen molar-refractivity contribution < 1.29 is 4.74 Å². The number of aryl methyl sites for hydroxylation is 1. The summed E-state index contributed by atoms with van der Waals surface area (Å²) < 4.78 is 9.90. The number of rotatable bonds is 7. The molecule has 0 atom stereocenters. The van der Waals surface area contributed by atoms with E-state index in [2.05, 4.69) is 13.0 Å². The van der Waals surface area contributed by atoms with Crippen molar-refractivity contribution in [3.05, 3.63) is 68.4 Å². The molecule has 0 aliphatic rings. The van der Waals surface area contributed by atoms with Crippen LogP contribution in [0.15, 0.2) is 58.5 Å². The molecule has 2 aromatic carbocycles. The molecule has 32 heavy (non-hydrogen) atoms. The molecule has 6 nitrogen and oxygen atoms in total. The molecule has 162 valence electrons. The summed E-state index contributed by atoms with van der Waals surface area (Å²) in [5.41, 5.74) is 3.04. The lowest BCUT2D eigenvalue weighted by molar-refractivity contribution is 0.340. The zero-order valence-electron chi connectivity index (χ0n) is 17.6. The number of hydrogen-bond donors (Lipinski definition) is 0. The van der Waals surface area contributed by atoms with E-state index < -0.39 is 0 Å². The second kappa shape index (κ2) is 9.69. The van der Waals surface area contributed by atoms with Crippen molar-refractivity contribution in [1.82, 2.24) is 14.1 Å². The third kappa shape index (κ3) is 4.21. The van der Waals surface area contributed by atoms with Crippen LogP contribution < -0.4 is 10.3 Å². The second-order valence-electron chi connectivity index (χ2n) is 6.78. The molecule has 0 fully saturated rings. The van der Waals surface area contributed by atoms with Crippen LogP contribution in [0.5, 0.6) is 5.75 Å². The molecule has 0 N–H and O–H groups in total. The Morgan fingerprint density at radius 1 is 1.09 bits per heavy atom. The lowest BCUT2D eigenvalue weighted by Gasteiger charge is -2.13. The van der Waals surface area contributed by atoms with Crippen LogP contribution in [0.2, 0.25) is 0 Å². The van der Waals surface area contributed by atoms with E-state index in [1.54, 1.807) is 0 Å². The molecular formula is C23H20N4O2S3. The van der Waals surface area contributed by atoms with Gasteiger partial charge in [0.15, 0.2) is 14.8 Å². The van der Waals surface area contributed by atoms with Crippen LogP contribution in [-0.2, 0) is 6.42 Å². The summed E-state index contributed by atoms with van der Waals surface area (Å²) >= 11 is 8.08. The second-order valence-corrected chi connectivity index (χ2v) is 9.37. The molecule has 9 heteroatoms. The zero-order valence-corrected chi connectivity index (χ0v) is 20.0. The number of fused-ring (bicyclic) bond motifs is 1. The van der Waals surface area contributed by atoms with Gasteiger partial charge in [0, 0.05) is 5.69 Å². The van der Waals surface area contributed by atoms with Gasteiger partial charge in [0.05, 0.1) is 24.1 Å². The molecule has 0 spiro atoms. The predicted molar refractivity (Wildman–Crippen MR) is 132 cm³/mol. The highest BCUT2D eigenvalue weighted by atomic mass is 32.2. The quantitative estimate of drug-likeness (QED) is 0.196. The fourth-order valence-corrected chi connectivity index (χ4v) is 5.29. The van der Waals surface area contributed by atoms with Gasteiger partial charge >= 0.3 is 0 Å². The van der Waals surface area contributed by atoms with Crippen LogP contribution >= 0.6 is 35.3 Å². The van der Waals surface area contributed by atoms with Gasteiger partial charge < -0.3 is 4.74 Å². The Morgan fingerprint density at radius 3 is 2.38 bits per heavy atom. The number of thiazole rings is 1. The van der Waals surface area contributed by atoms with Gasteiger partial charge in [-0.25, -0.2) is 4.98 Å². The normalized spacial score (nSPS) is 10.9.